The van der Waals surface area contributed by atoms with Gasteiger partial charge in [-0.25, -0.2) is 4.39 Å². The molecule has 0 aliphatic rings. The Morgan fingerprint density at radius 1 is 0.862 bits per heavy atom. The van der Waals surface area contributed by atoms with E-state index >= 15 is 0 Å². The van der Waals surface area contributed by atoms with Gasteiger partial charge in [-0.05, 0) is 35.7 Å². The number of nitrogens with zero attached hydrogens (tertiary/aromatic N) is 4. The Morgan fingerprint density at radius 3 is 2.59 bits per heavy atom. The van der Waals surface area contributed by atoms with Crippen LogP contribution in [-0.4, -0.2) is 19.8 Å². The summed E-state index contributed by atoms with van der Waals surface area (Å²) in [5.74, 6) is 1.63. The van der Waals surface area contributed by atoms with Crippen LogP contribution in [-0.2, 0) is 13.2 Å². The molecular weight excluding hydrogens is 391 g/mol. The maximum atomic E-state index is 13.0. The Kier molecular flexibility index (Phi) is 4.53. The molecule has 0 aliphatic heterocycles. The summed E-state index contributed by atoms with van der Waals surface area (Å²) in [7, 11) is 0. The number of hydrogen-bond acceptors (Lipinski definition) is 6. The predicted octanol–water partition coefficient (Wildman–Crippen LogP) is 4.64. The maximum absolute atomic E-state index is 13.0. The first-order valence-corrected chi connectivity index (χ1v) is 9.77. The molecule has 2 heterocycles. The molecule has 0 saturated heterocycles. The zero-order valence-corrected chi connectivity index (χ0v) is 16.0. The number of fused-ring (bicyclic) bond motifs is 2. The van der Waals surface area contributed by atoms with E-state index in [2.05, 4.69) is 27.4 Å². The van der Waals surface area contributed by atoms with Gasteiger partial charge in [-0.3, -0.25) is 0 Å². The number of hydrogen-bond donors (Lipinski definition) is 0. The first-order valence-electron chi connectivity index (χ1n) is 8.95. The summed E-state index contributed by atoms with van der Waals surface area (Å²) in [5, 5.41) is 15.8. The van der Waals surface area contributed by atoms with E-state index in [-0.39, 0.29) is 12.4 Å². The summed E-state index contributed by atoms with van der Waals surface area (Å²) >= 11 is 1.41. The van der Waals surface area contributed by atoms with Gasteiger partial charge in [0, 0.05) is 5.39 Å². The van der Waals surface area contributed by atoms with Gasteiger partial charge in [-0.2, -0.15) is 9.61 Å². The van der Waals surface area contributed by atoms with Crippen molar-refractivity contribution in [2.45, 2.75) is 13.2 Å². The van der Waals surface area contributed by atoms with Gasteiger partial charge in [-0.1, -0.05) is 47.7 Å². The Bertz CT molecular complexity index is 1280. The van der Waals surface area contributed by atoms with Crippen LogP contribution in [0.3, 0.4) is 0 Å². The Balaban J connectivity index is 1.31. The molecule has 0 spiro atoms. The van der Waals surface area contributed by atoms with Crippen LogP contribution in [0.15, 0.2) is 66.7 Å². The molecule has 0 N–H and O–H groups in total. The first-order chi connectivity index (χ1) is 14.3. The van der Waals surface area contributed by atoms with Gasteiger partial charge in [0.25, 0.3) is 0 Å². The summed E-state index contributed by atoms with van der Waals surface area (Å²) in [6.45, 7) is 0.514. The van der Waals surface area contributed by atoms with E-state index < -0.39 is 0 Å². The Morgan fingerprint density at radius 2 is 1.69 bits per heavy atom. The van der Waals surface area contributed by atoms with E-state index in [0.29, 0.717) is 23.1 Å². The van der Waals surface area contributed by atoms with Gasteiger partial charge in [0.05, 0.1) is 0 Å². The molecule has 0 fully saturated rings. The van der Waals surface area contributed by atoms with Crippen molar-refractivity contribution in [2.75, 3.05) is 0 Å². The Labute approximate surface area is 169 Å². The molecule has 0 bridgehead atoms. The molecule has 6 nitrogen and oxygen atoms in total. The third kappa shape index (κ3) is 3.62. The normalized spacial score (nSPS) is 11.2. The van der Waals surface area contributed by atoms with Crippen molar-refractivity contribution in [1.29, 1.82) is 0 Å². The molecule has 0 amide bonds. The molecule has 5 aromatic rings. The third-order valence-electron chi connectivity index (χ3n) is 4.38. The minimum absolute atomic E-state index is 0.181. The monoisotopic (exact) mass is 406 g/mol. The van der Waals surface area contributed by atoms with E-state index in [4.69, 9.17) is 9.47 Å². The van der Waals surface area contributed by atoms with Crippen LogP contribution < -0.4 is 9.47 Å². The van der Waals surface area contributed by atoms with Crippen LogP contribution in [0.5, 0.6) is 11.5 Å². The lowest BCUT2D eigenvalue weighted by Crippen LogP contribution is -2.03. The standard InChI is InChI=1S/C21H15FN4O2S/c22-15-8-10-16(11-9-15)27-12-19-23-24-21-26(19)25-20(29-21)13-28-18-7-3-5-14-4-1-2-6-17(14)18/h1-11H,12-13H2. The lowest BCUT2D eigenvalue weighted by molar-refractivity contribution is 0.290. The van der Waals surface area contributed by atoms with E-state index in [1.54, 1.807) is 16.6 Å². The summed E-state index contributed by atoms with van der Waals surface area (Å²) in [4.78, 5) is 0.666. The van der Waals surface area contributed by atoms with Gasteiger partial charge in [0.1, 0.15) is 30.5 Å². The fourth-order valence-electron chi connectivity index (χ4n) is 2.99. The summed E-state index contributed by atoms with van der Waals surface area (Å²) in [5.41, 5.74) is 0. The number of rotatable bonds is 6. The van der Waals surface area contributed by atoms with Crippen molar-refractivity contribution in [2.24, 2.45) is 0 Å². The molecule has 2 aromatic heterocycles. The second-order valence-electron chi connectivity index (χ2n) is 6.31. The molecule has 144 valence electrons. The highest BCUT2D eigenvalue weighted by molar-refractivity contribution is 7.16. The number of ether oxygens (including phenoxy) is 2. The van der Waals surface area contributed by atoms with Crippen LogP contribution in [0.1, 0.15) is 10.8 Å². The average Bonchev–Trinajstić information content (AvgIpc) is 3.32. The summed E-state index contributed by atoms with van der Waals surface area (Å²) < 4.78 is 26.3. The Hall–Kier alpha value is -3.52. The second-order valence-corrected chi connectivity index (χ2v) is 7.36. The van der Waals surface area contributed by atoms with E-state index in [0.717, 1.165) is 21.5 Å². The van der Waals surface area contributed by atoms with E-state index in [1.165, 1.54) is 23.5 Å². The minimum atomic E-state index is -0.308. The van der Waals surface area contributed by atoms with Crippen molar-refractivity contribution < 1.29 is 13.9 Å². The highest BCUT2D eigenvalue weighted by Crippen LogP contribution is 2.26. The maximum Gasteiger partial charge on any atom is 0.234 e. The van der Waals surface area contributed by atoms with Crippen molar-refractivity contribution in [1.82, 2.24) is 19.8 Å². The van der Waals surface area contributed by atoms with Gasteiger partial charge in [0.2, 0.25) is 4.96 Å². The highest BCUT2D eigenvalue weighted by Gasteiger charge is 2.13. The largest absolute Gasteiger partial charge is 0.486 e. The molecule has 0 atom stereocenters. The van der Waals surface area contributed by atoms with Crippen molar-refractivity contribution in [3.63, 3.8) is 0 Å². The molecule has 0 unspecified atom stereocenters. The molecule has 0 saturated carbocycles. The molecular formula is C21H15FN4O2S. The second kappa shape index (κ2) is 7.48. The summed E-state index contributed by atoms with van der Waals surface area (Å²) in [6, 6.07) is 19.9. The van der Waals surface area contributed by atoms with Crippen LogP contribution in [0.4, 0.5) is 4.39 Å². The molecule has 0 aliphatic carbocycles. The zero-order valence-electron chi connectivity index (χ0n) is 15.2. The quantitative estimate of drug-likeness (QED) is 0.411. The van der Waals surface area contributed by atoms with Gasteiger partial charge in [0.15, 0.2) is 10.8 Å². The van der Waals surface area contributed by atoms with Crippen LogP contribution >= 0.6 is 11.3 Å². The van der Waals surface area contributed by atoms with E-state index in [1.807, 2.05) is 30.3 Å². The first kappa shape index (κ1) is 17.6. The number of halogens is 1. The van der Waals surface area contributed by atoms with Crippen molar-refractivity contribution >= 4 is 27.1 Å². The van der Waals surface area contributed by atoms with Crippen LogP contribution in [0, 0.1) is 5.82 Å². The fraction of sp³-hybridized carbons (Fsp3) is 0.0952. The minimum Gasteiger partial charge on any atom is -0.486 e. The average molecular weight is 406 g/mol. The molecule has 3 aromatic carbocycles. The van der Waals surface area contributed by atoms with Gasteiger partial charge < -0.3 is 9.47 Å². The van der Waals surface area contributed by atoms with Crippen LogP contribution in [0.25, 0.3) is 15.7 Å². The topological polar surface area (TPSA) is 61.5 Å². The number of benzene rings is 3. The lowest BCUT2D eigenvalue weighted by Gasteiger charge is -2.07. The zero-order chi connectivity index (χ0) is 19.6. The molecule has 5 rings (SSSR count). The summed E-state index contributed by atoms with van der Waals surface area (Å²) in [6.07, 6.45) is 0. The number of aromatic nitrogens is 4. The van der Waals surface area contributed by atoms with Crippen molar-refractivity contribution in [3.05, 3.63) is 83.4 Å². The predicted molar refractivity (Wildman–Crippen MR) is 108 cm³/mol. The smallest absolute Gasteiger partial charge is 0.234 e. The molecule has 29 heavy (non-hydrogen) atoms. The van der Waals surface area contributed by atoms with Crippen LogP contribution in [0.2, 0.25) is 0 Å². The fourth-order valence-corrected chi connectivity index (χ4v) is 3.75. The SMILES string of the molecule is Fc1ccc(OCc2nnc3sc(COc4cccc5ccccc45)nn23)cc1. The molecule has 0 radical (unpaired) electrons. The highest BCUT2D eigenvalue weighted by atomic mass is 32.1. The third-order valence-corrected chi connectivity index (χ3v) is 5.25. The van der Waals surface area contributed by atoms with Gasteiger partial charge in [-0.15, -0.1) is 10.2 Å². The van der Waals surface area contributed by atoms with Crippen molar-refractivity contribution in [3.8, 4) is 11.5 Å². The van der Waals surface area contributed by atoms with E-state index in [9.17, 15) is 4.39 Å². The molecule has 8 heteroatoms. The lowest BCUT2D eigenvalue weighted by atomic mass is 10.1. The van der Waals surface area contributed by atoms with Gasteiger partial charge >= 0.3 is 0 Å².